The van der Waals surface area contributed by atoms with Gasteiger partial charge in [0.15, 0.2) is 0 Å². The SMILES string of the molecule is Cn1cc(-c2cccc(CNc3cc(NCC4CC4)ncn3)c2)cn1. The summed E-state index contributed by atoms with van der Waals surface area (Å²) in [4.78, 5) is 8.58. The Morgan fingerprint density at radius 2 is 1.92 bits per heavy atom. The third-order valence-corrected chi connectivity index (χ3v) is 4.37. The maximum Gasteiger partial charge on any atom is 0.131 e. The molecule has 0 unspecified atom stereocenters. The van der Waals surface area contributed by atoms with Gasteiger partial charge in [0, 0.05) is 38.0 Å². The molecule has 25 heavy (non-hydrogen) atoms. The van der Waals surface area contributed by atoms with Crippen molar-refractivity contribution in [2.24, 2.45) is 13.0 Å². The van der Waals surface area contributed by atoms with E-state index in [1.54, 1.807) is 6.33 Å². The van der Waals surface area contributed by atoms with Gasteiger partial charge in [-0.3, -0.25) is 4.68 Å². The van der Waals surface area contributed by atoms with Crippen molar-refractivity contribution >= 4 is 11.6 Å². The van der Waals surface area contributed by atoms with Crippen LogP contribution in [0.5, 0.6) is 0 Å². The summed E-state index contributed by atoms with van der Waals surface area (Å²) in [5.74, 6) is 2.54. The molecule has 3 aromatic rings. The highest BCUT2D eigenvalue weighted by Crippen LogP contribution is 2.28. The van der Waals surface area contributed by atoms with E-state index in [4.69, 9.17) is 0 Å². The molecule has 0 amide bonds. The fraction of sp³-hybridized carbons (Fsp3) is 0.316. The highest BCUT2D eigenvalue weighted by atomic mass is 15.2. The first kappa shape index (κ1) is 15.6. The number of hydrogen-bond acceptors (Lipinski definition) is 5. The quantitative estimate of drug-likeness (QED) is 0.694. The fourth-order valence-corrected chi connectivity index (χ4v) is 2.75. The largest absolute Gasteiger partial charge is 0.370 e. The van der Waals surface area contributed by atoms with Crippen molar-refractivity contribution in [2.75, 3.05) is 17.2 Å². The standard InChI is InChI=1S/C19H22N6/c1-25-12-17(11-24-25)16-4-2-3-15(7-16)10-21-19-8-18(22-13-23-19)20-9-14-5-6-14/h2-4,7-8,11-14H,5-6,9-10H2,1H3,(H2,20,21,22,23). The number of hydrogen-bond donors (Lipinski definition) is 2. The predicted octanol–water partition coefficient (Wildman–Crippen LogP) is 3.31. The lowest BCUT2D eigenvalue weighted by atomic mass is 10.1. The summed E-state index contributed by atoms with van der Waals surface area (Å²) in [6.07, 6.45) is 8.17. The van der Waals surface area contributed by atoms with Crippen LogP contribution in [0.2, 0.25) is 0 Å². The van der Waals surface area contributed by atoms with Gasteiger partial charge in [-0.05, 0) is 36.0 Å². The molecular weight excluding hydrogens is 312 g/mol. The van der Waals surface area contributed by atoms with Gasteiger partial charge < -0.3 is 10.6 Å². The summed E-state index contributed by atoms with van der Waals surface area (Å²) >= 11 is 0. The molecule has 2 N–H and O–H groups in total. The van der Waals surface area contributed by atoms with Crippen LogP contribution in [0.3, 0.4) is 0 Å². The molecule has 6 heteroatoms. The van der Waals surface area contributed by atoms with Crippen molar-refractivity contribution in [2.45, 2.75) is 19.4 Å². The Kier molecular flexibility index (Phi) is 4.33. The molecule has 0 atom stereocenters. The van der Waals surface area contributed by atoms with Gasteiger partial charge in [0.05, 0.1) is 6.20 Å². The third-order valence-electron chi connectivity index (χ3n) is 4.37. The van der Waals surface area contributed by atoms with E-state index in [1.807, 2.05) is 30.2 Å². The molecule has 2 heterocycles. The molecule has 0 spiro atoms. The number of nitrogens with zero attached hydrogens (tertiary/aromatic N) is 4. The number of nitrogens with one attached hydrogen (secondary N) is 2. The molecule has 1 fully saturated rings. The zero-order valence-corrected chi connectivity index (χ0v) is 14.3. The van der Waals surface area contributed by atoms with E-state index in [-0.39, 0.29) is 0 Å². The van der Waals surface area contributed by atoms with Gasteiger partial charge in [-0.25, -0.2) is 9.97 Å². The molecule has 1 aliphatic rings. The monoisotopic (exact) mass is 334 g/mol. The first-order chi connectivity index (χ1) is 12.3. The van der Waals surface area contributed by atoms with Crippen LogP contribution in [0, 0.1) is 5.92 Å². The number of rotatable bonds is 7. The van der Waals surface area contributed by atoms with Gasteiger partial charge in [-0.2, -0.15) is 5.10 Å². The van der Waals surface area contributed by atoms with Gasteiger partial charge in [-0.1, -0.05) is 18.2 Å². The lowest BCUT2D eigenvalue weighted by Gasteiger charge is -2.09. The van der Waals surface area contributed by atoms with Gasteiger partial charge in [-0.15, -0.1) is 0 Å². The maximum absolute atomic E-state index is 4.31. The van der Waals surface area contributed by atoms with Gasteiger partial charge in [0.25, 0.3) is 0 Å². The molecule has 0 aliphatic heterocycles. The molecule has 0 saturated heterocycles. The Labute approximate surface area is 147 Å². The van der Waals surface area contributed by atoms with E-state index in [0.717, 1.165) is 29.7 Å². The van der Waals surface area contributed by atoms with E-state index in [9.17, 15) is 0 Å². The molecule has 0 radical (unpaired) electrons. The topological polar surface area (TPSA) is 67.7 Å². The Balaban J connectivity index is 1.40. The molecular formula is C19H22N6. The maximum atomic E-state index is 4.31. The minimum absolute atomic E-state index is 0.715. The summed E-state index contributed by atoms with van der Waals surface area (Å²) in [6, 6.07) is 10.4. The van der Waals surface area contributed by atoms with Crippen molar-refractivity contribution in [1.29, 1.82) is 0 Å². The lowest BCUT2D eigenvalue weighted by Crippen LogP contribution is -2.07. The minimum Gasteiger partial charge on any atom is -0.370 e. The fourth-order valence-electron chi connectivity index (χ4n) is 2.75. The first-order valence-electron chi connectivity index (χ1n) is 8.64. The number of anilines is 2. The summed E-state index contributed by atoms with van der Waals surface area (Å²) < 4.78 is 1.82. The Morgan fingerprint density at radius 1 is 1.08 bits per heavy atom. The lowest BCUT2D eigenvalue weighted by molar-refractivity contribution is 0.768. The average molecular weight is 334 g/mol. The summed E-state index contributed by atoms with van der Waals surface area (Å²) in [5, 5.41) is 11.0. The molecule has 1 saturated carbocycles. The Morgan fingerprint density at radius 3 is 2.68 bits per heavy atom. The number of benzene rings is 1. The minimum atomic E-state index is 0.715. The van der Waals surface area contributed by atoms with Crippen LogP contribution in [0.25, 0.3) is 11.1 Å². The number of aryl methyl sites for hydroxylation is 1. The smallest absolute Gasteiger partial charge is 0.131 e. The third kappa shape index (κ3) is 4.15. The normalized spacial score (nSPS) is 13.6. The second kappa shape index (κ2) is 6.93. The second-order valence-electron chi connectivity index (χ2n) is 6.57. The van der Waals surface area contributed by atoms with Crippen molar-refractivity contribution < 1.29 is 0 Å². The Hall–Kier alpha value is -2.89. The van der Waals surface area contributed by atoms with Crippen LogP contribution in [-0.4, -0.2) is 26.3 Å². The van der Waals surface area contributed by atoms with Gasteiger partial charge >= 0.3 is 0 Å². The molecule has 2 aromatic heterocycles. The van der Waals surface area contributed by atoms with Crippen molar-refractivity contribution in [3.05, 3.63) is 54.6 Å². The average Bonchev–Trinajstić information content (AvgIpc) is 3.38. The molecule has 128 valence electrons. The molecule has 1 aliphatic carbocycles. The van der Waals surface area contributed by atoms with Crippen LogP contribution < -0.4 is 10.6 Å². The van der Waals surface area contributed by atoms with Gasteiger partial charge in [0.2, 0.25) is 0 Å². The molecule has 4 rings (SSSR count). The second-order valence-corrected chi connectivity index (χ2v) is 6.57. The van der Waals surface area contributed by atoms with Gasteiger partial charge in [0.1, 0.15) is 18.0 Å². The van der Waals surface area contributed by atoms with Crippen LogP contribution in [0.15, 0.2) is 49.1 Å². The predicted molar refractivity (Wildman–Crippen MR) is 99.2 cm³/mol. The van der Waals surface area contributed by atoms with Crippen molar-refractivity contribution in [1.82, 2.24) is 19.7 Å². The van der Waals surface area contributed by atoms with E-state index < -0.39 is 0 Å². The van der Waals surface area contributed by atoms with E-state index in [2.05, 4.69) is 50.0 Å². The molecule has 1 aromatic carbocycles. The summed E-state index contributed by atoms with van der Waals surface area (Å²) in [6.45, 7) is 1.72. The summed E-state index contributed by atoms with van der Waals surface area (Å²) in [5.41, 5.74) is 3.49. The van der Waals surface area contributed by atoms with E-state index >= 15 is 0 Å². The van der Waals surface area contributed by atoms with Crippen LogP contribution in [0.4, 0.5) is 11.6 Å². The van der Waals surface area contributed by atoms with Crippen LogP contribution in [-0.2, 0) is 13.6 Å². The summed E-state index contributed by atoms with van der Waals surface area (Å²) in [7, 11) is 1.93. The zero-order valence-electron chi connectivity index (χ0n) is 14.3. The highest BCUT2D eigenvalue weighted by molar-refractivity contribution is 5.62. The van der Waals surface area contributed by atoms with Crippen LogP contribution in [0.1, 0.15) is 18.4 Å². The highest BCUT2D eigenvalue weighted by Gasteiger charge is 2.20. The van der Waals surface area contributed by atoms with Crippen molar-refractivity contribution in [3.63, 3.8) is 0 Å². The van der Waals surface area contributed by atoms with Crippen molar-refractivity contribution in [3.8, 4) is 11.1 Å². The van der Waals surface area contributed by atoms with E-state index in [0.29, 0.717) is 6.54 Å². The molecule has 0 bridgehead atoms. The van der Waals surface area contributed by atoms with Crippen LogP contribution >= 0.6 is 0 Å². The number of aromatic nitrogens is 4. The van der Waals surface area contributed by atoms with E-state index in [1.165, 1.54) is 24.0 Å². The Bertz CT molecular complexity index is 852. The zero-order chi connectivity index (χ0) is 17.1. The first-order valence-corrected chi connectivity index (χ1v) is 8.64. The molecule has 6 nitrogen and oxygen atoms in total.